The molecule has 2 aliphatic rings. The first-order valence-electron chi connectivity index (χ1n) is 5.40. The van der Waals surface area contributed by atoms with Crippen LogP contribution in [0.25, 0.3) is 0 Å². The van der Waals surface area contributed by atoms with Gasteiger partial charge >= 0.3 is 0 Å². The van der Waals surface area contributed by atoms with E-state index in [0.717, 1.165) is 0 Å². The van der Waals surface area contributed by atoms with Crippen LogP contribution in [0.2, 0.25) is 0 Å². The zero-order valence-corrected chi connectivity index (χ0v) is 9.16. The highest BCUT2D eigenvalue weighted by atomic mass is 16.2. The zero-order chi connectivity index (χ0) is 11.7. The first kappa shape index (κ1) is 11.1. The Morgan fingerprint density at radius 1 is 1.44 bits per heavy atom. The maximum atomic E-state index is 11.6. The Morgan fingerprint density at radius 2 is 2.12 bits per heavy atom. The first-order valence-corrected chi connectivity index (χ1v) is 5.40. The minimum Gasteiger partial charge on any atom is -0.341 e. The van der Waals surface area contributed by atoms with Crippen molar-refractivity contribution in [2.24, 2.45) is 11.8 Å². The van der Waals surface area contributed by atoms with Crippen molar-refractivity contribution in [1.29, 1.82) is 0 Å². The molecule has 6 nitrogen and oxygen atoms in total. The van der Waals surface area contributed by atoms with E-state index in [1.54, 1.807) is 11.9 Å². The molecule has 2 atom stereocenters. The number of carbonyl (C=O) groups excluding carboxylic acids is 3. The van der Waals surface area contributed by atoms with E-state index in [4.69, 9.17) is 0 Å². The first-order chi connectivity index (χ1) is 7.63. The summed E-state index contributed by atoms with van der Waals surface area (Å²) in [5.74, 6) is -1.02. The molecule has 0 spiro atoms. The van der Waals surface area contributed by atoms with Gasteiger partial charge in [0.2, 0.25) is 17.7 Å². The van der Waals surface area contributed by atoms with Gasteiger partial charge in [0.15, 0.2) is 0 Å². The molecule has 0 aromatic heterocycles. The zero-order valence-electron chi connectivity index (χ0n) is 9.16. The highest BCUT2D eigenvalue weighted by Gasteiger charge is 2.45. The van der Waals surface area contributed by atoms with Gasteiger partial charge in [-0.05, 0) is 13.5 Å². The van der Waals surface area contributed by atoms with E-state index in [0.29, 0.717) is 19.5 Å². The molecule has 2 N–H and O–H groups in total. The molecule has 2 heterocycles. The van der Waals surface area contributed by atoms with Crippen LogP contribution in [0, 0.1) is 11.8 Å². The molecule has 88 valence electrons. The maximum Gasteiger partial charge on any atom is 0.236 e. The molecule has 2 saturated heterocycles. The monoisotopic (exact) mass is 225 g/mol. The normalized spacial score (nSPS) is 28.9. The SMILES string of the molecule is CNCC(=O)N1CC[C@H]2C(=O)NC(=O)[C@@H]2C1. The van der Waals surface area contributed by atoms with E-state index in [2.05, 4.69) is 10.6 Å². The Bertz CT molecular complexity index is 342. The highest BCUT2D eigenvalue weighted by molar-refractivity contribution is 6.05. The number of hydrogen-bond acceptors (Lipinski definition) is 4. The number of nitrogens with one attached hydrogen (secondary N) is 2. The van der Waals surface area contributed by atoms with Crippen LogP contribution in [-0.2, 0) is 14.4 Å². The van der Waals surface area contributed by atoms with Gasteiger partial charge in [0.05, 0.1) is 18.4 Å². The third-order valence-electron chi connectivity index (χ3n) is 3.21. The minimum absolute atomic E-state index is 0.0203. The molecule has 0 bridgehead atoms. The average Bonchev–Trinajstić information content (AvgIpc) is 2.55. The largest absolute Gasteiger partial charge is 0.341 e. The molecule has 2 aliphatic heterocycles. The fraction of sp³-hybridized carbons (Fsp3) is 0.700. The predicted molar refractivity (Wildman–Crippen MR) is 55.3 cm³/mol. The van der Waals surface area contributed by atoms with Crippen LogP contribution in [0.5, 0.6) is 0 Å². The predicted octanol–water partition coefficient (Wildman–Crippen LogP) is -1.67. The summed E-state index contributed by atoms with van der Waals surface area (Å²) < 4.78 is 0. The van der Waals surface area contributed by atoms with E-state index in [9.17, 15) is 14.4 Å². The van der Waals surface area contributed by atoms with Gasteiger partial charge in [0.1, 0.15) is 0 Å². The summed E-state index contributed by atoms with van der Waals surface area (Å²) in [5.41, 5.74) is 0. The van der Waals surface area contributed by atoms with E-state index in [1.807, 2.05) is 0 Å². The summed E-state index contributed by atoms with van der Waals surface area (Å²) in [4.78, 5) is 36.1. The molecule has 0 aliphatic carbocycles. The van der Waals surface area contributed by atoms with E-state index in [-0.39, 0.29) is 36.1 Å². The third kappa shape index (κ3) is 1.80. The number of hydrogen-bond donors (Lipinski definition) is 2. The smallest absolute Gasteiger partial charge is 0.236 e. The fourth-order valence-electron chi connectivity index (χ4n) is 2.33. The van der Waals surface area contributed by atoms with Crippen molar-refractivity contribution < 1.29 is 14.4 Å². The molecule has 3 amide bonds. The minimum atomic E-state index is -0.345. The number of fused-ring (bicyclic) bond motifs is 1. The molecular formula is C10H15N3O3. The van der Waals surface area contributed by atoms with Crippen molar-refractivity contribution in [1.82, 2.24) is 15.5 Å². The van der Waals surface area contributed by atoms with Crippen LogP contribution in [-0.4, -0.2) is 49.3 Å². The molecule has 2 fully saturated rings. The van der Waals surface area contributed by atoms with Crippen LogP contribution in [0.1, 0.15) is 6.42 Å². The second-order valence-electron chi connectivity index (χ2n) is 4.23. The Morgan fingerprint density at radius 3 is 2.81 bits per heavy atom. The number of carbonyl (C=O) groups is 3. The third-order valence-corrected chi connectivity index (χ3v) is 3.21. The van der Waals surface area contributed by atoms with Gasteiger partial charge in [-0.1, -0.05) is 0 Å². The van der Waals surface area contributed by atoms with Crippen LogP contribution < -0.4 is 10.6 Å². The van der Waals surface area contributed by atoms with Crippen LogP contribution in [0.4, 0.5) is 0 Å². The van der Waals surface area contributed by atoms with E-state index < -0.39 is 0 Å². The Labute approximate surface area is 93.4 Å². The summed E-state index contributed by atoms with van der Waals surface area (Å²) in [6.45, 7) is 1.19. The summed E-state index contributed by atoms with van der Waals surface area (Å²) in [5, 5.41) is 5.10. The summed E-state index contributed by atoms with van der Waals surface area (Å²) in [7, 11) is 1.70. The lowest BCUT2D eigenvalue weighted by molar-refractivity contribution is -0.135. The second-order valence-corrected chi connectivity index (χ2v) is 4.23. The lowest BCUT2D eigenvalue weighted by Gasteiger charge is -2.32. The number of imide groups is 1. The molecule has 2 rings (SSSR count). The van der Waals surface area contributed by atoms with Crippen molar-refractivity contribution in [3.63, 3.8) is 0 Å². The fourth-order valence-corrected chi connectivity index (χ4v) is 2.33. The summed E-state index contributed by atoms with van der Waals surface area (Å²) >= 11 is 0. The lowest BCUT2D eigenvalue weighted by atomic mass is 9.88. The average molecular weight is 225 g/mol. The van der Waals surface area contributed by atoms with Crippen molar-refractivity contribution in [3.05, 3.63) is 0 Å². The van der Waals surface area contributed by atoms with Gasteiger partial charge in [-0.2, -0.15) is 0 Å². The van der Waals surface area contributed by atoms with Crippen molar-refractivity contribution >= 4 is 17.7 Å². The molecule has 0 saturated carbocycles. The number of likely N-dealkylation sites (N-methyl/N-ethyl adjacent to an activating group) is 1. The van der Waals surface area contributed by atoms with Gasteiger partial charge in [-0.3, -0.25) is 19.7 Å². The lowest BCUT2D eigenvalue weighted by Crippen LogP contribution is -2.47. The Hall–Kier alpha value is -1.43. The number of piperidine rings is 1. The topological polar surface area (TPSA) is 78.5 Å². The molecule has 0 unspecified atom stereocenters. The van der Waals surface area contributed by atoms with Gasteiger partial charge in [-0.15, -0.1) is 0 Å². The molecular weight excluding hydrogens is 210 g/mol. The highest BCUT2D eigenvalue weighted by Crippen LogP contribution is 2.28. The molecule has 0 radical (unpaired) electrons. The quantitative estimate of drug-likeness (QED) is 0.551. The molecule has 0 aromatic rings. The number of nitrogens with zero attached hydrogens (tertiary/aromatic N) is 1. The van der Waals surface area contributed by atoms with Crippen molar-refractivity contribution in [3.8, 4) is 0 Å². The molecule has 0 aromatic carbocycles. The summed E-state index contributed by atoms with van der Waals surface area (Å²) in [6, 6.07) is 0. The Balaban J connectivity index is 2.02. The maximum absolute atomic E-state index is 11.6. The van der Waals surface area contributed by atoms with Crippen LogP contribution in [0.3, 0.4) is 0 Å². The van der Waals surface area contributed by atoms with Crippen LogP contribution >= 0.6 is 0 Å². The number of amides is 3. The van der Waals surface area contributed by atoms with Gasteiger partial charge in [0, 0.05) is 13.1 Å². The summed E-state index contributed by atoms with van der Waals surface area (Å²) in [6.07, 6.45) is 0.581. The van der Waals surface area contributed by atoms with Crippen molar-refractivity contribution in [2.75, 3.05) is 26.7 Å². The van der Waals surface area contributed by atoms with E-state index in [1.165, 1.54) is 0 Å². The molecule has 6 heteroatoms. The van der Waals surface area contributed by atoms with Gasteiger partial charge < -0.3 is 10.2 Å². The Kier molecular flexibility index (Phi) is 2.91. The van der Waals surface area contributed by atoms with Gasteiger partial charge in [-0.25, -0.2) is 0 Å². The van der Waals surface area contributed by atoms with Gasteiger partial charge in [0.25, 0.3) is 0 Å². The van der Waals surface area contributed by atoms with E-state index >= 15 is 0 Å². The number of likely N-dealkylation sites (tertiary alicyclic amines) is 1. The van der Waals surface area contributed by atoms with Crippen molar-refractivity contribution in [2.45, 2.75) is 6.42 Å². The van der Waals surface area contributed by atoms with Crippen LogP contribution in [0.15, 0.2) is 0 Å². The standard InChI is InChI=1S/C10H15N3O3/c1-11-4-8(14)13-3-2-6-7(5-13)10(16)12-9(6)15/h6-7,11H,2-5H2,1H3,(H,12,15,16)/t6-,7-/m1/s1. The second kappa shape index (κ2) is 4.21. The number of rotatable bonds is 2. The molecule has 16 heavy (non-hydrogen) atoms.